The molecule has 6 heteroatoms. The van der Waals surface area contributed by atoms with Gasteiger partial charge in [-0.3, -0.25) is 0 Å². The van der Waals surface area contributed by atoms with E-state index >= 15 is 0 Å². The summed E-state index contributed by atoms with van der Waals surface area (Å²) in [5.74, 6) is 1.10. The molecule has 0 aliphatic heterocycles. The summed E-state index contributed by atoms with van der Waals surface area (Å²) in [6.07, 6.45) is 5.71. The Kier molecular flexibility index (Phi) is 3.63. The van der Waals surface area contributed by atoms with Gasteiger partial charge in [0.1, 0.15) is 5.82 Å². The maximum atomic E-state index is 4.31. The second-order valence-electron chi connectivity index (χ2n) is 3.66. The van der Waals surface area contributed by atoms with E-state index < -0.39 is 0 Å². The lowest BCUT2D eigenvalue weighted by molar-refractivity contribution is 0.523. The first-order valence-electron chi connectivity index (χ1n) is 5.21. The van der Waals surface area contributed by atoms with Crippen molar-refractivity contribution in [1.82, 2.24) is 24.5 Å². The van der Waals surface area contributed by atoms with E-state index in [0.29, 0.717) is 0 Å². The maximum Gasteiger partial charge on any atom is 0.108 e. The van der Waals surface area contributed by atoms with Crippen LogP contribution in [0.3, 0.4) is 0 Å². The third-order valence-electron chi connectivity index (χ3n) is 2.66. The average Bonchev–Trinajstić information content (AvgIpc) is 2.92. The summed E-state index contributed by atoms with van der Waals surface area (Å²) in [5.41, 5.74) is 1.02. The predicted molar refractivity (Wildman–Crippen MR) is 63.2 cm³/mol. The molecule has 0 radical (unpaired) electrons. The van der Waals surface area contributed by atoms with Crippen LogP contribution in [0.1, 0.15) is 24.0 Å². The van der Waals surface area contributed by atoms with E-state index in [-0.39, 0.29) is 6.04 Å². The van der Waals surface area contributed by atoms with Crippen molar-refractivity contribution in [3.8, 4) is 0 Å². The van der Waals surface area contributed by atoms with Gasteiger partial charge < -0.3 is 9.88 Å². The van der Waals surface area contributed by atoms with Crippen molar-refractivity contribution in [3.63, 3.8) is 0 Å². The average molecular weight is 237 g/mol. The Labute approximate surface area is 98.7 Å². The van der Waals surface area contributed by atoms with Crippen LogP contribution in [0.2, 0.25) is 0 Å². The quantitative estimate of drug-likeness (QED) is 0.848. The third-order valence-corrected chi connectivity index (χ3v) is 3.18. The number of aromatic nitrogens is 4. The minimum atomic E-state index is 0.260. The fourth-order valence-corrected chi connectivity index (χ4v) is 2.18. The van der Waals surface area contributed by atoms with Gasteiger partial charge in [0.25, 0.3) is 0 Å². The van der Waals surface area contributed by atoms with Crippen LogP contribution in [0.4, 0.5) is 0 Å². The van der Waals surface area contributed by atoms with E-state index in [1.807, 2.05) is 36.4 Å². The van der Waals surface area contributed by atoms with Gasteiger partial charge in [-0.15, -0.1) is 5.10 Å². The zero-order valence-electron chi connectivity index (χ0n) is 9.42. The van der Waals surface area contributed by atoms with E-state index in [0.717, 1.165) is 24.4 Å². The molecule has 2 aromatic rings. The minimum Gasteiger partial charge on any atom is -0.338 e. The molecule has 1 N–H and O–H groups in total. The van der Waals surface area contributed by atoms with Crippen LogP contribution in [0.5, 0.6) is 0 Å². The smallest absolute Gasteiger partial charge is 0.108 e. The van der Waals surface area contributed by atoms with Gasteiger partial charge >= 0.3 is 0 Å². The number of hydrogen-bond donors (Lipinski definition) is 1. The highest BCUT2D eigenvalue weighted by molar-refractivity contribution is 7.03. The first-order valence-corrected chi connectivity index (χ1v) is 6.05. The van der Waals surface area contributed by atoms with Crippen LogP contribution in [0.25, 0.3) is 0 Å². The molecule has 2 aromatic heterocycles. The molecule has 0 amide bonds. The summed E-state index contributed by atoms with van der Waals surface area (Å²) in [7, 11) is 3.96. The molecular formula is C10H15N5S. The van der Waals surface area contributed by atoms with E-state index in [1.54, 1.807) is 0 Å². The first-order chi connectivity index (χ1) is 7.81. The van der Waals surface area contributed by atoms with Crippen LogP contribution in [0, 0.1) is 0 Å². The molecule has 0 aliphatic carbocycles. The van der Waals surface area contributed by atoms with E-state index in [1.165, 1.54) is 11.5 Å². The van der Waals surface area contributed by atoms with Crippen molar-refractivity contribution in [2.45, 2.75) is 18.9 Å². The predicted octanol–water partition coefficient (Wildman–Crippen LogP) is 1.16. The lowest BCUT2D eigenvalue weighted by atomic mass is 10.1. The minimum absolute atomic E-state index is 0.260. The van der Waals surface area contributed by atoms with Gasteiger partial charge in [-0.05, 0) is 25.0 Å². The van der Waals surface area contributed by atoms with Gasteiger partial charge in [-0.1, -0.05) is 4.49 Å². The Bertz CT molecular complexity index is 422. The van der Waals surface area contributed by atoms with Crippen LogP contribution >= 0.6 is 11.5 Å². The molecule has 0 saturated heterocycles. The molecule has 0 spiro atoms. The van der Waals surface area contributed by atoms with E-state index in [2.05, 4.69) is 19.9 Å². The number of hydrogen-bond acceptors (Lipinski definition) is 5. The highest BCUT2D eigenvalue weighted by Gasteiger charge is 2.13. The third kappa shape index (κ3) is 2.45. The summed E-state index contributed by atoms with van der Waals surface area (Å²) in [6, 6.07) is 0.260. The Morgan fingerprint density at radius 1 is 1.56 bits per heavy atom. The van der Waals surface area contributed by atoms with Crippen molar-refractivity contribution in [2.75, 3.05) is 7.05 Å². The highest BCUT2D eigenvalue weighted by Crippen LogP contribution is 2.16. The van der Waals surface area contributed by atoms with Crippen molar-refractivity contribution in [1.29, 1.82) is 0 Å². The zero-order valence-corrected chi connectivity index (χ0v) is 10.2. The maximum absolute atomic E-state index is 4.31. The van der Waals surface area contributed by atoms with Crippen LogP contribution in [-0.4, -0.2) is 26.2 Å². The van der Waals surface area contributed by atoms with Crippen LogP contribution in [0.15, 0.2) is 17.8 Å². The fraction of sp³-hybridized carbons (Fsp3) is 0.500. The topological polar surface area (TPSA) is 55.6 Å². The standard InChI is InChI=1S/C10H15N5S/c1-11-8(9-7-16-14-13-9)3-4-10-12-5-6-15(10)2/h5-8,11H,3-4H2,1-2H3. The SMILES string of the molecule is CNC(CCc1nccn1C)c1csnn1. The molecule has 0 bridgehead atoms. The summed E-state index contributed by atoms with van der Waals surface area (Å²) in [5, 5.41) is 9.33. The first kappa shape index (κ1) is 11.2. The second-order valence-corrected chi connectivity index (χ2v) is 4.27. The summed E-state index contributed by atoms with van der Waals surface area (Å²) in [6.45, 7) is 0. The molecular weight excluding hydrogens is 222 g/mol. The van der Waals surface area contributed by atoms with Crippen molar-refractivity contribution < 1.29 is 0 Å². The Balaban J connectivity index is 1.96. The molecule has 0 aliphatic rings. The fourth-order valence-electron chi connectivity index (χ4n) is 1.67. The Morgan fingerprint density at radius 2 is 2.44 bits per heavy atom. The van der Waals surface area contributed by atoms with Gasteiger partial charge in [0.05, 0.1) is 11.7 Å². The molecule has 5 nitrogen and oxygen atoms in total. The zero-order chi connectivity index (χ0) is 11.4. The van der Waals surface area contributed by atoms with E-state index in [4.69, 9.17) is 0 Å². The number of aryl methyl sites for hydroxylation is 2. The van der Waals surface area contributed by atoms with Crippen molar-refractivity contribution in [2.24, 2.45) is 7.05 Å². The number of imidazole rings is 1. The summed E-state index contributed by atoms with van der Waals surface area (Å²) >= 11 is 1.39. The molecule has 0 saturated carbocycles. The highest BCUT2D eigenvalue weighted by atomic mass is 32.1. The van der Waals surface area contributed by atoms with Crippen LogP contribution < -0.4 is 5.32 Å². The molecule has 2 rings (SSSR count). The van der Waals surface area contributed by atoms with Gasteiger partial charge in [-0.25, -0.2) is 4.98 Å². The van der Waals surface area contributed by atoms with Gasteiger partial charge in [-0.2, -0.15) is 0 Å². The molecule has 1 unspecified atom stereocenters. The second kappa shape index (κ2) is 5.18. The lowest BCUT2D eigenvalue weighted by Gasteiger charge is -2.12. The van der Waals surface area contributed by atoms with Crippen molar-refractivity contribution in [3.05, 3.63) is 29.3 Å². The summed E-state index contributed by atoms with van der Waals surface area (Å²) in [4.78, 5) is 4.31. The van der Waals surface area contributed by atoms with Crippen molar-refractivity contribution >= 4 is 11.5 Å². The Morgan fingerprint density at radius 3 is 3.00 bits per heavy atom. The number of nitrogens with one attached hydrogen (secondary N) is 1. The molecule has 2 heterocycles. The van der Waals surface area contributed by atoms with Gasteiger partial charge in [0.2, 0.25) is 0 Å². The Hall–Kier alpha value is -1.27. The van der Waals surface area contributed by atoms with E-state index in [9.17, 15) is 0 Å². The molecule has 16 heavy (non-hydrogen) atoms. The normalized spacial score (nSPS) is 12.9. The van der Waals surface area contributed by atoms with Crippen LogP contribution in [-0.2, 0) is 13.5 Å². The monoisotopic (exact) mass is 237 g/mol. The number of rotatable bonds is 5. The largest absolute Gasteiger partial charge is 0.338 e. The molecule has 0 aromatic carbocycles. The summed E-state index contributed by atoms with van der Waals surface area (Å²) < 4.78 is 5.93. The lowest BCUT2D eigenvalue weighted by Crippen LogP contribution is -2.18. The molecule has 0 fully saturated rings. The molecule has 86 valence electrons. The van der Waals surface area contributed by atoms with Gasteiger partial charge in [0.15, 0.2) is 0 Å². The van der Waals surface area contributed by atoms with Gasteiger partial charge in [0, 0.05) is 31.2 Å². The molecule has 1 atom stereocenters. The number of nitrogens with zero attached hydrogens (tertiary/aromatic N) is 4.